The molecule has 0 unspecified atom stereocenters. The molecule has 0 N–H and O–H groups in total. The molecule has 0 spiro atoms. The van der Waals surface area contributed by atoms with E-state index < -0.39 is 13.4 Å². The zero-order chi connectivity index (χ0) is 15.3. The van der Waals surface area contributed by atoms with Crippen LogP contribution < -0.4 is 10.4 Å². The molecule has 0 saturated heterocycles. The lowest BCUT2D eigenvalue weighted by Gasteiger charge is -2.20. The Bertz CT molecular complexity index is 507. The summed E-state index contributed by atoms with van der Waals surface area (Å²) in [4.78, 5) is 0. The van der Waals surface area contributed by atoms with Crippen LogP contribution in [0.15, 0.2) is 60.7 Å². The van der Waals surface area contributed by atoms with Crippen LogP contribution in [-0.2, 0) is 0 Å². The van der Waals surface area contributed by atoms with Gasteiger partial charge in [0.1, 0.15) is 0 Å². The Morgan fingerprint density at radius 3 is 1.24 bits per heavy atom. The summed E-state index contributed by atoms with van der Waals surface area (Å²) in [7, 11) is 0. The molecular weight excluding hydrogens is 378 g/mol. The third-order valence-corrected chi connectivity index (χ3v) is 12.6. The molecule has 0 aliphatic heterocycles. The Labute approximate surface area is 146 Å². The minimum Gasteiger partial charge on any atom is -0.140 e. The molecule has 0 aliphatic rings. The van der Waals surface area contributed by atoms with Gasteiger partial charge >= 0.3 is 0 Å². The second-order valence-electron chi connectivity index (χ2n) is 4.99. The average Bonchev–Trinajstić information content (AvgIpc) is 2.49. The van der Waals surface area contributed by atoms with Crippen molar-refractivity contribution in [3.63, 3.8) is 0 Å². The van der Waals surface area contributed by atoms with E-state index in [0.29, 0.717) is 0 Å². The molecule has 0 bridgehead atoms. The van der Waals surface area contributed by atoms with Gasteiger partial charge in [-0.05, 0) is 22.5 Å². The SMILES string of the molecule is Cl[Si](Cl)(CCC[Si](Cl)(Cl)c1ccccc1)c1ccccc1. The molecule has 2 aromatic carbocycles. The Morgan fingerprint density at radius 2 is 0.905 bits per heavy atom. The van der Waals surface area contributed by atoms with Crippen molar-refractivity contribution in [2.75, 3.05) is 0 Å². The normalized spacial score (nSPS) is 12.4. The largest absolute Gasteiger partial charge is 0.280 e. The third kappa shape index (κ3) is 5.02. The zero-order valence-electron chi connectivity index (χ0n) is 11.4. The van der Waals surface area contributed by atoms with E-state index >= 15 is 0 Å². The summed E-state index contributed by atoms with van der Waals surface area (Å²) in [6.45, 7) is -4.86. The van der Waals surface area contributed by atoms with Gasteiger partial charge in [-0.3, -0.25) is 0 Å². The van der Waals surface area contributed by atoms with Crippen LogP contribution in [0.3, 0.4) is 0 Å². The molecule has 0 aromatic heterocycles. The lowest BCUT2D eigenvalue weighted by atomic mass is 10.4. The molecule has 0 atom stereocenters. The van der Waals surface area contributed by atoms with E-state index in [0.717, 1.165) is 28.9 Å². The second-order valence-corrected chi connectivity index (χ2v) is 18.9. The van der Waals surface area contributed by atoms with Gasteiger partial charge in [0, 0.05) is 0 Å². The summed E-state index contributed by atoms with van der Waals surface area (Å²) < 4.78 is 0. The fourth-order valence-corrected chi connectivity index (χ4v) is 8.83. The van der Waals surface area contributed by atoms with E-state index in [2.05, 4.69) is 0 Å². The lowest BCUT2D eigenvalue weighted by Crippen LogP contribution is -2.39. The van der Waals surface area contributed by atoms with Crippen LogP contribution in [0.2, 0.25) is 12.1 Å². The molecule has 0 fully saturated rings. The number of hydrogen-bond acceptors (Lipinski definition) is 0. The molecule has 0 saturated carbocycles. The van der Waals surface area contributed by atoms with Gasteiger partial charge in [0.2, 0.25) is 0 Å². The first kappa shape index (κ1) is 17.4. The van der Waals surface area contributed by atoms with E-state index in [9.17, 15) is 0 Å². The molecule has 0 nitrogen and oxygen atoms in total. The van der Waals surface area contributed by atoms with E-state index in [-0.39, 0.29) is 0 Å². The molecule has 6 heteroatoms. The highest BCUT2D eigenvalue weighted by molar-refractivity contribution is 7.51. The molecule has 112 valence electrons. The minimum atomic E-state index is -2.43. The zero-order valence-corrected chi connectivity index (χ0v) is 16.4. The van der Waals surface area contributed by atoms with Crippen molar-refractivity contribution in [3.8, 4) is 0 Å². The maximum atomic E-state index is 6.57. The maximum absolute atomic E-state index is 6.57. The summed E-state index contributed by atoms with van der Waals surface area (Å²) in [5, 5.41) is 2.09. The van der Waals surface area contributed by atoms with Crippen molar-refractivity contribution >= 4 is 68.1 Å². The number of hydrogen-bond donors (Lipinski definition) is 0. The fourth-order valence-electron chi connectivity index (χ4n) is 2.19. The third-order valence-electron chi connectivity index (χ3n) is 3.37. The Morgan fingerprint density at radius 1 is 0.571 bits per heavy atom. The molecule has 2 rings (SSSR count). The van der Waals surface area contributed by atoms with E-state index in [1.54, 1.807) is 0 Å². The average molecular weight is 394 g/mol. The van der Waals surface area contributed by atoms with Crippen LogP contribution in [0.5, 0.6) is 0 Å². The van der Waals surface area contributed by atoms with Gasteiger partial charge in [-0.15, -0.1) is 44.3 Å². The maximum Gasteiger partial charge on any atom is 0.280 e. The highest BCUT2D eigenvalue weighted by Crippen LogP contribution is 2.28. The van der Waals surface area contributed by atoms with Crippen molar-refractivity contribution in [3.05, 3.63) is 60.7 Å². The highest BCUT2D eigenvalue weighted by atomic mass is 35.7. The topological polar surface area (TPSA) is 0 Å². The van der Waals surface area contributed by atoms with Gasteiger partial charge in [-0.1, -0.05) is 67.1 Å². The second kappa shape index (κ2) is 7.54. The van der Waals surface area contributed by atoms with Crippen molar-refractivity contribution in [1.82, 2.24) is 0 Å². The Balaban J connectivity index is 1.95. The first-order valence-electron chi connectivity index (χ1n) is 6.78. The summed E-state index contributed by atoms with van der Waals surface area (Å²) in [6, 6.07) is 21.3. The predicted molar refractivity (Wildman–Crippen MR) is 101 cm³/mol. The first-order chi connectivity index (χ1) is 9.92. The van der Waals surface area contributed by atoms with Crippen LogP contribution in [0, 0.1) is 0 Å². The number of rotatable bonds is 6. The number of halogens is 4. The monoisotopic (exact) mass is 392 g/mol. The molecule has 0 amide bonds. The summed E-state index contributed by atoms with van der Waals surface area (Å²) >= 11 is 26.3. The fraction of sp³-hybridized carbons (Fsp3) is 0.200. The van der Waals surface area contributed by atoms with Crippen molar-refractivity contribution < 1.29 is 0 Å². The molecule has 21 heavy (non-hydrogen) atoms. The number of benzene rings is 2. The first-order valence-corrected chi connectivity index (χ1v) is 15.2. The van der Waals surface area contributed by atoms with Crippen LogP contribution in [0.4, 0.5) is 0 Å². The predicted octanol–water partition coefficient (Wildman–Crippen LogP) is 5.03. The summed E-state index contributed by atoms with van der Waals surface area (Å²) in [5.41, 5.74) is 0. The quantitative estimate of drug-likeness (QED) is 0.476. The standard InChI is InChI=1S/C15H16Cl4Si2/c16-20(17,14-8-3-1-4-9-14)12-7-13-21(18,19)15-10-5-2-6-11-15/h1-6,8-11H,7,12-13H2. The van der Waals surface area contributed by atoms with Crippen molar-refractivity contribution in [2.24, 2.45) is 0 Å². The summed E-state index contributed by atoms with van der Waals surface area (Å²) in [5.74, 6) is 0. The van der Waals surface area contributed by atoms with Crippen LogP contribution >= 0.6 is 44.3 Å². The van der Waals surface area contributed by atoms with E-state index in [4.69, 9.17) is 44.3 Å². The molecule has 0 aliphatic carbocycles. The molecule has 0 radical (unpaired) electrons. The van der Waals surface area contributed by atoms with Crippen LogP contribution in [0.1, 0.15) is 6.42 Å². The van der Waals surface area contributed by atoms with Gasteiger partial charge < -0.3 is 0 Å². The smallest absolute Gasteiger partial charge is 0.140 e. The van der Waals surface area contributed by atoms with Crippen LogP contribution in [-0.4, -0.2) is 13.4 Å². The van der Waals surface area contributed by atoms with Crippen molar-refractivity contribution in [1.29, 1.82) is 0 Å². The van der Waals surface area contributed by atoms with E-state index in [1.807, 2.05) is 60.7 Å². The van der Waals surface area contributed by atoms with Gasteiger partial charge in [-0.25, -0.2) is 0 Å². The molecule has 0 heterocycles. The molecular formula is C15H16Cl4Si2. The Hall–Kier alpha value is 0.0338. The van der Waals surface area contributed by atoms with Crippen molar-refractivity contribution in [2.45, 2.75) is 18.5 Å². The minimum absolute atomic E-state index is 0.765. The van der Waals surface area contributed by atoms with Gasteiger partial charge in [0.05, 0.1) is 0 Å². The summed E-state index contributed by atoms with van der Waals surface area (Å²) in [6.07, 6.45) is 0.849. The highest BCUT2D eigenvalue weighted by Gasteiger charge is 2.34. The van der Waals surface area contributed by atoms with Gasteiger partial charge in [0.15, 0.2) is 0 Å². The van der Waals surface area contributed by atoms with E-state index in [1.165, 1.54) is 0 Å². The Kier molecular flexibility index (Phi) is 6.24. The lowest BCUT2D eigenvalue weighted by molar-refractivity contribution is 1.05. The van der Waals surface area contributed by atoms with Gasteiger partial charge in [-0.2, -0.15) is 0 Å². The van der Waals surface area contributed by atoms with Crippen LogP contribution in [0.25, 0.3) is 0 Å². The molecule has 2 aromatic rings. The van der Waals surface area contributed by atoms with Gasteiger partial charge in [0.25, 0.3) is 13.4 Å².